The van der Waals surface area contributed by atoms with Gasteiger partial charge < -0.3 is 0 Å². The summed E-state index contributed by atoms with van der Waals surface area (Å²) in [4.78, 5) is 0. The number of hydrogen-bond donors (Lipinski definition) is 0. The zero-order valence-corrected chi connectivity index (χ0v) is 11.4. The van der Waals surface area contributed by atoms with E-state index in [1.807, 2.05) is 60.7 Å². The SMILES string of the molecule is c1ccc(-n2nnnc2-c2nnnn2-c2ccccc2)cc1. The van der Waals surface area contributed by atoms with Crippen molar-refractivity contribution in [1.82, 2.24) is 40.4 Å². The Morgan fingerprint density at radius 3 is 1.36 bits per heavy atom. The van der Waals surface area contributed by atoms with Crippen molar-refractivity contribution in [3.05, 3.63) is 60.7 Å². The quantitative estimate of drug-likeness (QED) is 0.565. The molecule has 2 aromatic heterocycles. The highest BCUT2D eigenvalue weighted by Gasteiger charge is 2.18. The van der Waals surface area contributed by atoms with Crippen LogP contribution in [0.2, 0.25) is 0 Å². The first kappa shape index (κ1) is 12.3. The van der Waals surface area contributed by atoms with Gasteiger partial charge in [0.2, 0.25) is 11.6 Å². The smallest absolute Gasteiger partial charge is 0.190 e. The summed E-state index contributed by atoms with van der Waals surface area (Å²) in [7, 11) is 0. The van der Waals surface area contributed by atoms with Gasteiger partial charge >= 0.3 is 0 Å². The molecule has 0 aliphatic rings. The van der Waals surface area contributed by atoms with E-state index in [1.165, 1.54) is 0 Å². The van der Waals surface area contributed by atoms with E-state index in [1.54, 1.807) is 9.36 Å². The normalized spacial score (nSPS) is 10.7. The Bertz CT molecular complexity index is 806. The topological polar surface area (TPSA) is 87.2 Å². The van der Waals surface area contributed by atoms with Crippen molar-refractivity contribution in [1.29, 1.82) is 0 Å². The minimum absolute atomic E-state index is 0.472. The maximum atomic E-state index is 4.06. The molecule has 0 fully saturated rings. The van der Waals surface area contributed by atoms with Crippen molar-refractivity contribution in [2.24, 2.45) is 0 Å². The molecule has 0 amide bonds. The summed E-state index contributed by atoms with van der Waals surface area (Å²) >= 11 is 0. The summed E-state index contributed by atoms with van der Waals surface area (Å²) in [5.74, 6) is 0.945. The first-order chi connectivity index (χ1) is 10.9. The Labute approximate surface area is 125 Å². The van der Waals surface area contributed by atoms with Crippen molar-refractivity contribution in [2.45, 2.75) is 0 Å². The Morgan fingerprint density at radius 2 is 0.955 bits per heavy atom. The second kappa shape index (κ2) is 5.17. The fourth-order valence-corrected chi connectivity index (χ4v) is 2.14. The molecular weight excluding hydrogens is 280 g/mol. The fraction of sp³-hybridized carbons (Fsp3) is 0. The highest BCUT2D eigenvalue weighted by Crippen LogP contribution is 2.19. The average molecular weight is 290 g/mol. The molecule has 0 N–H and O–H groups in total. The maximum Gasteiger partial charge on any atom is 0.226 e. The summed E-state index contributed by atoms with van der Waals surface area (Å²) in [6.45, 7) is 0. The van der Waals surface area contributed by atoms with Gasteiger partial charge in [-0.05, 0) is 45.1 Å². The Balaban J connectivity index is 1.86. The summed E-state index contributed by atoms with van der Waals surface area (Å²) in [5, 5.41) is 23.7. The van der Waals surface area contributed by atoms with Crippen molar-refractivity contribution in [3.63, 3.8) is 0 Å². The van der Waals surface area contributed by atoms with Gasteiger partial charge in [-0.1, -0.05) is 36.4 Å². The van der Waals surface area contributed by atoms with Gasteiger partial charge in [-0.25, -0.2) is 0 Å². The summed E-state index contributed by atoms with van der Waals surface area (Å²) in [6, 6.07) is 19.2. The molecule has 0 spiro atoms. The summed E-state index contributed by atoms with van der Waals surface area (Å²) < 4.78 is 3.20. The molecule has 106 valence electrons. The lowest BCUT2D eigenvalue weighted by molar-refractivity contribution is 0.779. The molecule has 0 unspecified atom stereocenters. The molecule has 0 aliphatic heterocycles. The van der Waals surface area contributed by atoms with Crippen LogP contribution >= 0.6 is 0 Å². The van der Waals surface area contributed by atoms with E-state index in [2.05, 4.69) is 31.1 Å². The van der Waals surface area contributed by atoms with Crippen molar-refractivity contribution in [3.8, 4) is 23.0 Å². The third kappa shape index (κ3) is 2.03. The summed E-state index contributed by atoms with van der Waals surface area (Å²) in [5.41, 5.74) is 1.68. The van der Waals surface area contributed by atoms with Gasteiger partial charge in [0.15, 0.2) is 0 Å². The van der Waals surface area contributed by atoms with E-state index in [4.69, 9.17) is 0 Å². The average Bonchev–Trinajstić information content (AvgIpc) is 3.25. The van der Waals surface area contributed by atoms with E-state index in [0.29, 0.717) is 11.6 Å². The molecule has 0 bridgehead atoms. The van der Waals surface area contributed by atoms with Crippen LogP contribution in [0.3, 0.4) is 0 Å². The monoisotopic (exact) mass is 290 g/mol. The minimum atomic E-state index is 0.472. The van der Waals surface area contributed by atoms with Gasteiger partial charge in [-0.15, -0.1) is 10.2 Å². The molecule has 2 heterocycles. The van der Waals surface area contributed by atoms with Crippen LogP contribution in [0.1, 0.15) is 0 Å². The third-order valence-corrected chi connectivity index (χ3v) is 3.14. The molecule has 0 atom stereocenters. The lowest BCUT2D eigenvalue weighted by atomic mass is 10.3. The van der Waals surface area contributed by atoms with E-state index < -0.39 is 0 Å². The van der Waals surface area contributed by atoms with E-state index in [9.17, 15) is 0 Å². The molecule has 4 aromatic rings. The van der Waals surface area contributed by atoms with E-state index >= 15 is 0 Å². The van der Waals surface area contributed by atoms with Gasteiger partial charge in [0, 0.05) is 0 Å². The predicted molar refractivity (Wildman–Crippen MR) is 77.3 cm³/mol. The van der Waals surface area contributed by atoms with Crippen molar-refractivity contribution < 1.29 is 0 Å². The van der Waals surface area contributed by atoms with Crippen LogP contribution in [-0.2, 0) is 0 Å². The molecule has 0 radical (unpaired) electrons. The molecule has 0 aliphatic carbocycles. The number of tetrazole rings is 2. The lowest BCUT2D eigenvalue weighted by Gasteiger charge is -2.05. The van der Waals surface area contributed by atoms with Crippen LogP contribution in [0.5, 0.6) is 0 Å². The standard InChI is InChI=1S/C14H10N8/c1-3-7-11(8-4-1)21-13(15-17-19-21)14-16-18-20-22(14)12-9-5-2-6-10-12/h1-10H. The zero-order valence-electron chi connectivity index (χ0n) is 11.4. The number of benzene rings is 2. The van der Waals surface area contributed by atoms with Crippen LogP contribution < -0.4 is 0 Å². The highest BCUT2D eigenvalue weighted by molar-refractivity contribution is 5.51. The molecule has 8 nitrogen and oxygen atoms in total. The number of hydrogen-bond acceptors (Lipinski definition) is 6. The second-order valence-electron chi connectivity index (χ2n) is 4.50. The minimum Gasteiger partial charge on any atom is -0.190 e. The van der Waals surface area contributed by atoms with E-state index in [-0.39, 0.29) is 0 Å². The highest BCUT2D eigenvalue weighted by atomic mass is 15.6. The number of para-hydroxylation sites is 2. The molecule has 22 heavy (non-hydrogen) atoms. The van der Waals surface area contributed by atoms with Gasteiger partial charge in [-0.3, -0.25) is 0 Å². The van der Waals surface area contributed by atoms with Gasteiger partial charge in [0.1, 0.15) is 0 Å². The Kier molecular flexibility index (Phi) is 2.90. The van der Waals surface area contributed by atoms with E-state index in [0.717, 1.165) is 11.4 Å². The number of rotatable bonds is 3. The van der Waals surface area contributed by atoms with Gasteiger partial charge in [0.25, 0.3) is 0 Å². The van der Waals surface area contributed by atoms with Gasteiger partial charge in [0.05, 0.1) is 11.4 Å². The van der Waals surface area contributed by atoms with Crippen LogP contribution in [-0.4, -0.2) is 40.4 Å². The van der Waals surface area contributed by atoms with Crippen LogP contribution in [0.4, 0.5) is 0 Å². The molecular formula is C14H10N8. The fourth-order valence-electron chi connectivity index (χ4n) is 2.14. The summed E-state index contributed by atoms with van der Waals surface area (Å²) in [6.07, 6.45) is 0. The van der Waals surface area contributed by atoms with Gasteiger partial charge in [-0.2, -0.15) is 9.36 Å². The zero-order chi connectivity index (χ0) is 14.8. The third-order valence-electron chi connectivity index (χ3n) is 3.14. The Morgan fingerprint density at radius 1 is 0.545 bits per heavy atom. The first-order valence-electron chi connectivity index (χ1n) is 6.61. The predicted octanol–water partition coefficient (Wildman–Crippen LogP) is 1.30. The van der Waals surface area contributed by atoms with Crippen LogP contribution in [0, 0.1) is 0 Å². The molecule has 2 aromatic carbocycles. The van der Waals surface area contributed by atoms with Crippen molar-refractivity contribution in [2.75, 3.05) is 0 Å². The van der Waals surface area contributed by atoms with Crippen molar-refractivity contribution >= 4 is 0 Å². The molecule has 0 saturated carbocycles. The number of aromatic nitrogens is 8. The molecule has 8 heteroatoms. The van der Waals surface area contributed by atoms with Crippen LogP contribution in [0.25, 0.3) is 23.0 Å². The molecule has 4 rings (SSSR count). The molecule has 0 saturated heterocycles. The second-order valence-corrected chi connectivity index (χ2v) is 4.50. The number of nitrogens with zero attached hydrogens (tertiary/aromatic N) is 8. The largest absolute Gasteiger partial charge is 0.226 e. The lowest BCUT2D eigenvalue weighted by Crippen LogP contribution is -2.05. The Hall–Kier alpha value is -3.42. The van der Waals surface area contributed by atoms with Crippen LogP contribution in [0.15, 0.2) is 60.7 Å². The maximum absolute atomic E-state index is 4.06. The first-order valence-corrected chi connectivity index (χ1v) is 6.61.